The highest BCUT2D eigenvalue weighted by Crippen LogP contribution is 2.35. The number of nitrogens with one attached hydrogen (secondary N) is 2. The number of methoxy groups -OCH3 is 2. The van der Waals surface area contributed by atoms with E-state index < -0.39 is 5.25 Å². The van der Waals surface area contributed by atoms with E-state index in [9.17, 15) is 9.59 Å². The third kappa shape index (κ3) is 5.52. The fourth-order valence-corrected chi connectivity index (χ4v) is 3.87. The van der Waals surface area contributed by atoms with E-state index in [1.165, 1.54) is 20.4 Å². The molecular formula is C20H19ClN4O4S. The molecule has 2 aromatic carbocycles. The van der Waals surface area contributed by atoms with Gasteiger partial charge in [0.15, 0.2) is 16.7 Å². The Labute approximate surface area is 182 Å². The molecule has 1 atom stereocenters. The summed E-state index contributed by atoms with van der Waals surface area (Å²) in [5.74, 6) is 0.356. The van der Waals surface area contributed by atoms with Crippen LogP contribution in [-0.2, 0) is 9.59 Å². The molecule has 1 fully saturated rings. The van der Waals surface area contributed by atoms with Crippen molar-refractivity contribution in [1.29, 1.82) is 0 Å². The van der Waals surface area contributed by atoms with Gasteiger partial charge in [-0.05, 0) is 24.3 Å². The predicted molar refractivity (Wildman–Crippen MR) is 119 cm³/mol. The van der Waals surface area contributed by atoms with Crippen LogP contribution >= 0.6 is 23.4 Å². The minimum atomic E-state index is -0.571. The Balaban J connectivity index is 1.60. The van der Waals surface area contributed by atoms with Gasteiger partial charge in [0, 0.05) is 17.7 Å². The summed E-state index contributed by atoms with van der Waals surface area (Å²) in [5, 5.41) is 13.5. The average Bonchev–Trinajstić information content (AvgIpc) is 3.07. The highest BCUT2D eigenvalue weighted by Gasteiger charge is 2.32. The summed E-state index contributed by atoms with van der Waals surface area (Å²) >= 11 is 7.32. The first kappa shape index (κ1) is 21.7. The molecule has 0 unspecified atom stereocenters. The third-order valence-corrected chi connectivity index (χ3v) is 5.37. The average molecular weight is 447 g/mol. The summed E-state index contributed by atoms with van der Waals surface area (Å²) in [4.78, 5) is 24.3. The van der Waals surface area contributed by atoms with Gasteiger partial charge in [0.25, 0.3) is 0 Å². The largest absolute Gasteiger partial charge is 0.493 e. The molecule has 30 heavy (non-hydrogen) atoms. The number of hydrogen-bond donors (Lipinski definition) is 2. The van der Waals surface area contributed by atoms with E-state index in [4.69, 9.17) is 21.1 Å². The lowest BCUT2D eigenvalue weighted by molar-refractivity contribution is -0.122. The number of amides is 2. The van der Waals surface area contributed by atoms with Gasteiger partial charge >= 0.3 is 0 Å². The Kier molecular flexibility index (Phi) is 7.31. The normalized spacial score (nSPS) is 17.2. The number of nitrogens with zero attached hydrogens (tertiary/aromatic N) is 2. The van der Waals surface area contributed by atoms with Crippen LogP contribution in [0.15, 0.2) is 52.7 Å². The lowest BCUT2D eigenvalue weighted by atomic mass is 10.2. The molecule has 1 heterocycles. The van der Waals surface area contributed by atoms with E-state index in [-0.39, 0.29) is 18.2 Å². The molecular weight excluding hydrogens is 428 g/mol. The summed E-state index contributed by atoms with van der Waals surface area (Å²) in [7, 11) is 3.01. The van der Waals surface area contributed by atoms with Crippen molar-refractivity contribution in [1.82, 2.24) is 5.32 Å². The van der Waals surface area contributed by atoms with Gasteiger partial charge in [0.1, 0.15) is 5.25 Å². The van der Waals surface area contributed by atoms with Crippen molar-refractivity contribution in [3.8, 4) is 11.5 Å². The maximum atomic E-state index is 12.2. The molecule has 0 aliphatic carbocycles. The molecule has 2 amide bonds. The number of carbonyl (C=O) groups is 2. The zero-order chi connectivity index (χ0) is 21.5. The monoisotopic (exact) mass is 446 g/mol. The second-order valence-electron chi connectivity index (χ2n) is 6.10. The third-order valence-electron chi connectivity index (χ3n) is 4.02. The molecule has 0 saturated carbocycles. The number of rotatable bonds is 7. The van der Waals surface area contributed by atoms with Gasteiger partial charge in [-0.3, -0.25) is 9.59 Å². The number of amidine groups is 1. The SMILES string of the molecule is COc1cc(/C=N\N=C2\NC(=O)[C@@H](CC(=O)Nc3ccccc3)S2)cc(Cl)c1OC. The van der Waals surface area contributed by atoms with Crippen LogP contribution in [0.1, 0.15) is 12.0 Å². The van der Waals surface area contributed by atoms with Gasteiger partial charge in [-0.1, -0.05) is 41.6 Å². The van der Waals surface area contributed by atoms with Gasteiger partial charge in [-0.2, -0.15) is 5.10 Å². The number of benzene rings is 2. The first-order chi connectivity index (χ1) is 14.5. The zero-order valence-corrected chi connectivity index (χ0v) is 17.8. The molecule has 0 spiro atoms. The smallest absolute Gasteiger partial charge is 0.240 e. The molecule has 1 aliphatic heterocycles. The van der Waals surface area contributed by atoms with Crippen LogP contribution in [-0.4, -0.2) is 42.7 Å². The van der Waals surface area contributed by atoms with Gasteiger partial charge in [-0.15, -0.1) is 5.10 Å². The van der Waals surface area contributed by atoms with E-state index >= 15 is 0 Å². The molecule has 2 aromatic rings. The lowest BCUT2D eigenvalue weighted by Gasteiger charge is -2.09. The Hall–Kier alpha value is -3.04. The predicted octanol–water partition coefficient (Wildman–Crippen LogP) is 3.31. The standard InChI is InChI=1S/C20H19ClN4O4S/c1-28-15-9-12(8-14(21)18(15)29-2)11-22-25-20-24-19(27)16(30-20)10-17(26)23-13-6-4-3-5-7-13/h3-9,11,16H,10H2,1-2H3,(H,23,26)(H,24,25,27)/b22-11-/t16-/m1/s1. The molecule has 8 nitrogen and oxygen atoms in total. The maximum Gasteiger partial charge on any atom is 0.240 e. The summed E-state index contributed by atoms with van der Waals surface area (Å²) in [6.45, 7) is 0. The highest BCUT2D eigenvalue weighted by molar-refractivity contribution is 8.15. The number of halogens is 1. The molecule has 156 valence electrons. The van der Waals surface area contributed by atoms with Gasteiger partial charge in [0.05, 0.1) is 25.5 Å². The van der Waals surface area contributed by atoms with E-state index in [0.29, 0.717) is 32.9 Å². The van der Waals surface area contributed by atoms with Crippen molar-refractivity contribution in [2.75, 3.05) is 19.5 Å². The van der Waals surface area contributed by atoms with Crippen LogP contribution in [0.25, 0.3) is 0 Å². The number of para-hydroxylation sites is 1. The van der Waals surface area contributed by atoms with Crippen LogP contribution in [0.5, 0.6) is 11.5 Å². The molecule has 1 aliphatic rings. The van der Waals surface area contributed by atoms with Crippen molar-refractivity contribution in [2.45, 2.75) is 11.7 Å². The molecule has 0 aromatic heterocycles. The van der Waals surface area contributed by atoms with Crippen molar-refractivity contribution in [3.05, 3.63) is 53.1 Å². The Bertz CT molecular complexity index is 998. The maximum absolute atomic E-state index is 12.2. The topological polar surface area (TPSA) is 101 Å². The number of carbonyl (C=O) groups excluding carboxylic acids is 2. The quantitative estimate of drug-likeness (QED) is 0.502. The van der Waals surface area contributed by atoms with Gasteiger partial charge in [-0.25, -0.2) is 0 Å². The lowest BCUT2D eigenvalue weighted by Crippen LogP contribution is -2.28. The molecule has 1 saturated heterocycles. The highest BCUT2D eigenvalue weighted by atomic mass is 35.5. The number of thioether (sulfide) groups is 1. The van der Waals surface area contributed by atoms with Crippen molar-refractivity contribution in [3.63, 3.8) is 0 Å². The molecule has 0 bridgehead atoms. The molecule has 2 N–H and O–H groups in total. The van der Waals surface area contributed by atoms with Crippen molar-refractivity contribution >= 4 is 52.2 Å². The van der Waals surface area contributed by atoms with Crippen LogP contribution in [0.2, 0.25) is 5.02 Å². The van der Waals surface area contributed by atoms with Crippen molar-refractivity contribution < 1.29 is 19.1 Å². The van der Waals surface area contributed by atoms with Gasteiger partial charge < -0.3 is 20.1 Å². The number of anilines is 1. The van der Waals surface area contributed by atoms with E-state index in [1.807, 2.05) is 18.2 Å². The second-order valence-corrected chi connectivity index (χ2v) is 7.70. The summed E-state index contributed by atoms with van der Waals surface area (Å²) in [6, 6.07) is 12.4. The minimum Gasteiger partial charge on any atom is -0.493 e. The zero-order valence-electron chi connectivity index (χ0n) is 16.2. The van der Waals surface area contributed by atoms with Crippen molar-refractivity contribution in [2.24, 2.45) is 10.2 Å². The fraction of sp³-hybridized carbons (Fsp3) is 0.200. The van der Waals surface area contributed by atoms with Gasteiger partial charge in [0.2, 0.25) is 11.8 Å². The van der Waals surface area contributed by atoms with E-state index in [0.717, 1.165) is 11.8 Å². The minimum absolute atomic E-state index is 0.0272. The van der Waals surface area contributed by atoms with E-state index in [2.05, 4.69) is 20.8 Å². The molecule has 10 heteroatoms. The summed E-state index contributed by atoms with van der Waals surface area (Å²) in [6.07, 6.45) is 1.50. The number of hydrogen-bond acceptors (Lipinski definition) is 7. The first-order valence-corrected chi connectivity index (χ1v) is 10.1. The first-order valence-electron chi connectivity index (χ1n) is 8.85. The Morgan fingerprint density at radius 2 is 2.03 bits per heavy atom. The summed E-state index contributed by atoms with van der Waals surface area (Å²) < 4.78 is 10.4. The van der Waals surface area contributed by atoms with E-state index in [1.54, 1.807) is 24.3 Å². The Morgan fingerprint density at radius 3 is 2.73 bits per heavy atom. The molecule has 3 rings (SSSR count). The summed E-state index contributed by atoms with van der Waals surface area (Å²) in [5.41, 5.74) is 1.33. The fourth-order valence-electron chi connectivity index (χ4n) is 2.65. The van der Waals surface area contributed by atoms with Crippen LogP contribution < -0.4 is 20.1 Å². The van der Waals surface area contributed by atoms with Crippen LogP contribution in [0.4, 0.5) is 5.69 Å². The molecule has 0 radical (unpaired) electrons. The Morgan fingerprint density at radius 1 is 1.27 bits per heavy atom. The van der Waals surface area contributed by atoms with Crippen LogP contribution in [0, 0.1) is 0 Å². The number of ether oxygens (including phenoxy) is 2. The second kappa shape index (κ2) is 10.1. The van der Waals surface area contributed by atoms with Crippen LogP contribution in [0.3, 0.4) is 0 Å².